The predicted molar refractivity (Wildman–Crippen MR) is 99.9 cm³/mol. The van der Waals surface area contributed by atoms with Gasteiger partial charge in [0.1, 0.15) is 12.4 Å². The molecule has 0 aliphatic carbocycles. The zero-order valence-electron chi connectivity index (χ0n) is 16.0. The van der Waals surface area contributed by atoms with Gasteiger partial charge in [0.05, 0.1) is 25.1 Å². The highest BCUT2D eigenvalue weighted by Gasteiger charge is 2.32. The van der Waals surface area contributed by atoms with Gasteiger partial charge in [0, 0.05) is 18.9 Å². The van der Waals surface area contributed by atoms with Gasteiger partial charge in [-0.15, -0.1) is 0 Å². The average Bonchev–Trinajstić information content (AvgIpc) is 3.11. The average molecular weight is 375 g/mol. The van der Waals surface area contributed by atoms with E-state index in [1.54, 1.807) is 58.3 Å². The van der Waals surface area contributed by atoms with Crippen molar-refractivity contribution in [3.8, 4) is 5.75 Å². The van der Waals surface area contributed by atoms with Crippen molar-refractivity contribution in [3.63, 3.8) is 0 Å². The highest BCUT2D eigenvalue weighted by molar-refractivity contribution is 6.04. The number of amides is 1. The maximum Gasteiger partial charge on any atom is 0.333 e. The van der Waals surface area contributed by atoms with Gasteiger partial charge in [-0.2, -0.15) is 5.10 Å². The number of rotatable bonds is 9. The van der Waals surface area contributed by atoms with Crippen LogP contribution in [0.4, 0.5) is 5.69 Å². The lowest BCUT2D eigenvalue weighted by atomic mass is 10.1. The van der Waals surface area contributed by atoms with Crippen LogP contribution >= 0.6 is 0 Å². The summed E-state index contributed by atoms with van der Waals surface area (Å²) in [5, 5.41) is 6.93. The fourth-order valence-corrected chi connectivity index (χ4v) is 2.27. The SMILES string of the molecule is CCOC(=O)C(C)(C)n1cc(NC(=O)c2cccc(OCCOC)c2)cn1. The number of nitrogens with zero attached hydrogens (tertiary/aromatic N) is 2. The molecule has 0 spiro atoms. The number of hydrogen-bond donors (Lipinski definition) is 1. The Balaban J connectivity index is 2.05. The van der Waals surface area contributed by atoms with E-state index >= 15 is 0 Å². The first-order chi connectivity index (χ1) is 12.9. The molecule has 0 fully saturated rings. The number of carbonyl (C=O) groups excluding carboxylic acids is 2. The number of hydrogen-bond acceptors (Lipinski definition) is 6. The summed E-state index contributed by atoms with van der Waals surface area (Å²) in [7, 11) is 1.59. The molecule has 0 aliphatic rings. The molecule has 0 unspecified atom stereocenters. The van der Waals surface area contributed by atoms with Crippen molar-refractivity contribution in [2.75, 3.05) is 32.2 Å². The van der Waals surface area contributed by atoms with E-state index < -0.39 is 11.5 Å². The standard InChI is InChI=1S/C19H25N3O5/c1-5-26-18(24)19(2,3)22-13-15(12-20-22)21-17(23)14-7-6-8-16(11-14)27-10-9-25-4/h6-8,11-13H,5,9-10H2,1-4H3,(H,21,23). The number of nitrogens with one attached hydrogen (secondary N) is 1. The first-order valence-corrected chi connectivity index (χ1v) is 8.64. The quantitative estimate of drug-likeness (QED) is 0.535. The minimum absolute atomic E-state index is 0.288. The predicted octanol–water partition coefficient (Wildman–Crippen LogP) is 2.46. The summed E-state index contributed by atoms with van der Waals surface area (Å²) >= 11 is 0. The normalized spacial score (nSPS) is 11.1. The number of methoxy groups -OCH3 is 1. The summed E-state index contributed by atoms with van der Waals surface area (Å²) in [5.74, 6) is -0.119. The Morgan fingerprint density at radius 3 is 2.74 bits per heavy atom. The molecule has 8 nitrogen and oxygen atoms in total. The number of benzene rings is 1. The van der Waals surface area contributed by atoms with Gasteiger partial charge < -0.3 is 19.5 Å². The highest BCUT2D eigenvalue weighted by atomic mass is 16.5. The third-order valence-corrected chi connectivity index (χ3v) is 3.84. The second-order valence-corrected chi connectivity index (χ2v) is 6.28. The molecule has 27 heavy (non-hydrogen) atoms. The van der Waals surface area contributed by atoms with Crippen LogP contribution in [0.25, 0.3) is 0 Å². The molecule has 0 saturated carbocycles. The second-order valence-electron chi connectivity index (χ2n) is 6.28. The van der Waals surface area contributed by atoms with Crippen LogP contribution in [0.3, 0.4) is 0 Å². The highest BCUT2D eigenvalue weighted by Crippen LogP contribution is 2.20. The Kier molecular flexibility index (Phi) is 6.95. The fraction of sp³-hybridized carbons (Fsp3) is 0.421. The van der Waals surface area contributed by atoms with Crippen molar-refractivity contribution < 1.29 is 23.8 Å². The first kappa shape index (κ1) is 20.4. The summed E-state index contributed by atoms with van der Waals surface area (Å²) < 4.78 is 17.0. The topological polar surface area (TPSA) is 91.7 Å². The van der Waals surface area contributed by atoms with Crippen LogP contribution < -0.4 is 10.1 Å². The van der Waals surface area contributed by atoms with Gasteiger partial charge in [0.25, 0.3) is 5.91 Å². The summed E-state index contributed by atoms with van der Waals surface area (Å²) in [6.45, 7) is 6.30. The molecular formula is C19H25N3O5. The van der Waals surface area contributed by atoms with E-state index in [1.165, 1.54) is 10.9 Å². The lowest BCUT2D eigenvalue weighted by Crippen LogP contribution is -2.37. The van der Waals surface area contributed by atoms with Gasteiger partial charge in [-0.25, -0.2) is 4.79 Å². The van der Waals surface area contributed by atoms with Crippen molar-refractivity contribution >= 4 is 17.6 Å². The van der Waals surface area contributed by atoms with Gasteiger partial charge in [-0.3, -0.25) is 9.48 Å². The Morgan fingerprint density at radius 1 is 1.26 bits per heavy atom. The molecule has 146 valence electrons. The number of esters is 1. The number of ether oxygens (including phenoxy) is 3. The molecule has 0 atom stereocenters. The Labute approximate surface area is 158 Å². The Hall–Kier alpha value is -2.87. The summed E-state index contributed by atoms with van der Waals surface area (Å²) in [5.41, 5.74) is -0.0564. The largest absolute Gasteiger partial charge is 0.491 e. The summed E-state index contributed by atoms with van der Waals surface area (Å²) in [6, 6.07) is 6.85. The lowest BCUT2D eigenvalue weighted by molar-refractivity contribution is -0.152. The molecule has 1 heterocycles. The molecule has 0 aliphatic heterocycles. The maximum atomic E-state index is 12.5. The first-order valence-electron chi connectivity index (χ1n) is 8.64. The minimum atomic E-state index is -0.978. The molecule has 1 N–H and O–H groups in total. The zero-order chi connectivity index (χ0) is 19.9. The number of aromatic nitrogens is 2. The molecule has 8 heteroatoms. The van der Waals surface area contributed by atoms with Gasteiger partial charge in [0.2, 0.25) is 0 Å². The van der Waals surface area contributed by atoms with E-state index in [0.717, 1.165) is 0 Å². The molecule has 0 radical (unpaired) electrons. The molecule has 1 amide bonds. The molecule has 0 bridgehead atoms. The van der Waals surface area contributed by atoms with Gasteiger partial charge >= 0.3 is 5.97 Å². The molecular weight excluding hydrogens is 350 g/mol. The van der Waals surface area contributed by atoms with Crippen molar-refractivity contribution in [2.24, 2.45) is 0 Å². The van der Waals surface area contributed by atoms with E-state index in [4.69, 9.17) is 14.2 Å². The zero-order valence-corrected chi connectivity index (χ0v) is 16.0. The van der Waals surface area contributed by atoms with Gasteiger partial charge in [-0.05, 0) is 39.0 Å². The molecule has 1 aromatic heterocycles. The van der Waals surface area contributed by atoms with Crippen LogP contribution in [-0.4, -0.2) is 48.6 Å². The maximum absolute atomic E-state index is 12.5. The smallest absolute Gasteiger partial charge is 0.333 e. The third-order valence-electron chi connectivity index (χ3n) is 3.84. The van der Waals surface area contributed by atoms with Gasteiger partial charge in [0.15, 0.2) is 5.54 Å². The van der Waals surface area contributed by atoms with Crippen LogP contribution in [0.5, 0.6) is 5.75 Å². The minimum Gasteiger partial charge on any atom is -0.491 e. The van der Waals surface area contributed by atoms with E-state index in [2.05, 4.69) is 10.4 Å². The Morgan fingerprint density at radius 2 is 2.04 bits per heavy atom. The number of anilines is 1. The Bertz CT molecular complexity index is 785. The summed E-state index contributed by atoms with van der Waals surface area (Å²) in [6.07, 6.45) is 3.07. The lowest BCUT2D eigenvalue weighted by Gasteiger charge is -2.22. The van der Waals surface area contributed by atoms with E-state index in [1.807, 2.05) is 0 Å². The van der Waals surface area contributed by atoms with Crippen LogP contribution in [-0.2, 0) is 19.8 Å². The van der Waals surface area contributed by atoms with E-state index in [-0.39, 0.29) is 12.5 Å². The van der Waals surface area contributed by atoms with Crippen LogP contribution in [0, 0.1) is 0 Å². The van der Waals surface area contributed by atoms with Crippen molar-refractivity contribution in [1.29, 1.82) is 0 Å². The van der Waals surface area contributed by atoms with Crippen LogP contribution in [0.2, 0.25) is 0 Å². The summed E-state index contributed by atoms with van der Waals surface area (Å²) in [4.78, 5) is 24.5. The van der Waals surface area contributed by atoms with Gasteiger partial charge in [-0.1, -0.05) is 6.07 Å². The van der Waals surface area contributed by atoms with E-state index in [9.17, 15) is 9.59 Å². The monoisotopic (exact) mass is 375 g/mol. The molecule has 2 rings (SSSR count). The molecule has 2 aromatic rings. The van der Waals surface area contributed by atoms with Crippen LogP contribution in [0.1, 0.15) is 31.1 Å². The van der Waals surface area contributed by atoms with Crippen LogP contribution in [0.15, 0.2) is 36.7 Å². The van der Waals surface area contributed by atoms with Crippen molar-refractivity contribution in [2.45, 2.75) is 26.3 Å². The second kappa shape index (κ2) is 9.18. The van der Waals surface area contributed by atoms with E-state index in [0.29, 0.717) is 30.2 Å². The molecule has 0 saturated heterocycles. The van der Waals surface area contributed by atoms with Crippen molar-refractivity contribution in [3.05, 3.63) is 42.2 Å². The fourth-order valence-electron chi connectivity index (χ4n) is 2.27. The molecule has 1 aromatic carbocycles. The third kappa shape index (κ3) is 5.30. The van der Waals surface area contributed by atoms with Crippen molar-refractivity contribution in [1.82, 2.24) is 9.78 Å². The number of carbonyl (C=O) groups is 2.